The van der Waals surface area contributed by atoms with Crippen molar-refractivity contribution in [2.24, 2.45) is 0 Å². The van der Waals surface area contributed by atoms with Crippen molar-refractivity contribution >= 4 is 5.91 Å². The molecule has 4 heteroatoms. The molecule has 1 N–H and O–H groups in total. The third kappa shape index (κ3) is 3.37. The molecule has 0 spiro atoms. The van der Waals surface area contributed by atoms with E-state index in [0.29, 0.717) is 0 Å². The molecular formula is C15H13F2NO. The molecule has 0 fully saturated rings. The number of rotatable bonds is 3. The molecule has 0 aliphatic rings. The van der Waals surface area contributed by atoms with Crippen molar-refractivity contribution in [1.29, 1.82) is 0 Å². The van der Waals surface area contributed by atoms with Gasteiger partial charge in [-0.3, -0.25) is 4.79 Å². The predicted molar refractivity (Wildman–Crippen MR) is 68.5 cm³/mol. The lowest BCUT2D eigenvalue weighted by atomic mass is 9.98. The summed E-state index contributed by atoms with van der Waals surface area (Å²) in [7, 11) is 0. The van der Waals surface area contributed by atoms with Gasteiger partial charge in [-0.05, 0) is 35.4 Å². The molecule has 0 saturated heterocycles. The van der Waals surface area contributed by atoms with E-state index in [1.807, 2.05) is 0 Å². The number of amides is 1. The minimum atomic E-state index is -0.418. The summed E-state index contributed by atoms with van der Waals surface area (Å²) in [4.78, 5) is 11.3. The van der Waals surface area contributed by atoms with Crippen LogP contribution in [0.4, 0.5) is 8.78 Å². The molecule has 0 aliphatic heterocycles. The maximum Gasteiger partial charge on any atom is 0.217 e. The SMILES string of the molecule is CC(=O)NC(c1ccc(F)cc1)c1ccc(F)cc1. The van der Waals surface area contributed by atoms with E-state index in [0.717, 1.165) is 11.1 Å². The zero-order chi connectivity index (χ0) is 13.8. The fourth-order valence-corrected chi connectivity index (χ4v) is 1.87. The summed E-state index contributed by atoms with van der Waals surface area (Å²) in [5.41, 5.74) is 1.48. The Bertz CT molecular complexity index is 518. The Morgan fingerprint density at radius 1 is 0.895 bits per heavy atom. The van der Waals surface area contributed by atoms with Gasteiger partial charge in [0.25, 0.3) is 0 Å². The van der Waals surface area contributed by atoms with Gasteiger partial charge in [0, 0.05) is 6.92 Å². The van der Waals surface area contributed by atoms with Crippen LogP contribution in [-0.4, -0.2) is 5.91 Å². The molecule has 19 heavy (non-hydrogen) atoms. The van der Waals surface area contributed by atoms with Crippen LogP contribution in [0.2, 0.25) is 0 Å². The van der Waals surface area contributed by atoms with Crippen molar-refractivity contribution in [2.45, 2.75) is 13.0 Å². The van der Waals surface area contributed by atoms with Crippen LogP contribution in [0.3, 0.4) is 0 Å². The summed E-state index contributed by atoms with van der Waals surface area (Å²) in [6.45, 7) is 1.40. The first kappa shape index (κ1) is 13.2. The highest BCUT2D eigenvalue weighted by molar-refractivity contribution is 5.74. The second kappa shape index (κ2) is 5.61. The average molecular weight is 261 g/mol. The van der Waals surface area contributed by atoms with Crippen molar-refractivity contribution in [3.8, 4) is 0 Å². The largest absolute Gasteiger partial charge is 0.345 e. The van der Waals surface area contributed by atoms with Crippen LogP contribution in [0.25, 0.3) is 0 Å². The van der Waals surface area contributed by atoms with Crippen LogP contribution in [0.5, 0.6) is 0 Å². The fourth-order valence-electron chi connectivity index (χ4n) is 1.87. The number of halogens is 2. The lowest BCUT2D eigenvalue weighted by Gasteiger charge is -2.19. The van der Waals surface area contributed by atoms with Crippen molar-refractivity contribution in [1.82, 2.24) is 5.32 Å². The van der Waals surface area contributed by atoms with Gasteiger partial charge in [0.15, 0.2) is 0 Å². The van der Waals surface area contributed by atoms with E-state index in [1.54, 1.807) is 24.3 Å². The molecule has 0 heterocycles. The summed E-state index contributed by atoms with van der Waals surface area (Å²) in [5, 5.41) is 2.77. The molecule has 0 unspecified atom stereocenters. The van der Waals surface area contributed by atoms with Crippen LogP contribution in [0, 0.1) is 11.6 Å². The third-order valence-electron chi connectivity index (χ3n) is 2.75. The van der Waals surface area contributed by atoms with E-state index in [-0.39, 0.29) is 17.5 Å². The minimum absolute atomic E-state index is 0.210. The maximum absolute atomic E-state index is 12.9. The predicted octanol–water partition coefficient (Wildman–Crippen LogP) is 3.19. The molecule has 0 radical (unpaired) electrons. The summed E-state index contributed by atoms with van der Waals surface area (Å²) < 4.78 is 25.9. The second-order valence-corrected chi connectivity index (χ2v) is 4.24. The quantitative estimate of drug-likeness (QED) is 0.903. The highest BCUT2D eigenvalue weighted by Crippen LogP contribution is 2.22. The highest BCUT2D eigenvalue weighted by Gasteiger charge is 2.15. The molecule has 0 aromatic heterocycles. The van der Waals surface area contributed by atoms with Crippen molar-refractivity contribution in [2.75, 3.05) is 0 Å². The van der Waals surface area contributed by atoms with Gasteiger partial charge in [-0.15, -0.1) is 0 Å². The zero-order valence-electron chi connectivity index (χ0n) is 10.4. The highest BCUT2D eigenvalue weighted by atomic mass is 19.1. The smallest absolute Gasteiger partial charge is 0.217 e. The molecule has 0 bridgehead atoms. The molecule has 1 amide bonds. The molecule has 2 rings (SSSR count). The maximum atomic E-state index is 12.9. The molecule has 98 valence electrons. The molecular weight excluding hydrogens is 248 g/mol. The van der Waals surface area contributed by atoms with E-state index >= 15 is 0 Å². The lowest BCUT2D eigenvalue weighted by Crippen LogP contribution is -2.26. The van der Waals surface area contributed by atoms with Gasteiger partial charge in [-0.1, -0.05) is 24.3 Å². The lowest BCUT2D eigenvalue weighted by molar-refractivity contribution is -0.119. The summed E-state index contributed by atoms with van der Waals surface area (Å²) >= 11 is 0. The standard InChI is InChI=1S/C15H13F2NO/c1-10(19)18-15(11-2-6-13(16)7-3-11)12-4-8-14(17)9-5-12/h2-9,15H,1H3,(H,18,19). The van der Waals surface area contributed by atoms with Gasteiger partial charge in [0.2, 0.25) is 5.91 Å². The van der Waals surface area contributed by atoms with Crippen molar-refractivity contribution in [3.05, 3.63) is 71.3 Å². The number of carbonyl (C=O) groups is 1. The Kier molecular flexibility index (Phi) is 3.90. The summed E-state index contributed by atoms with van der Waals surface area (Å²) in [6, 6.07) is 11.3. The van der Waals surface area contributed by atoms with Gasteiger partial charge >= 0.3 is 0 Å². The molecule has 2 aromatic rings. The van der Waals surface area contributed by atoms with Gasteiger partial charge in [0.1, 0.15) is 11.6 Å². The van der Waals surface area contributed by atoms with E-state index < -0.39 is 6.04 Å². The number of nitrogens with one attached hydrogen (secondary N) is 1. The molecule has 2 nitrogen and oxygen atoms in total. The van der Waals surface area contributed by atoms with Crippen LogP contribution in [0.15, 0.2) is 48.5 Å². The van der Waals surface area contributed by atoms with Gasteiger partial charge in [-0.25, -0.2) is 8.78 Å². The Hall–Kier alpha value is -2.23. The Labute approximate surface area is 110 Å². The number of benzene rings is 2. The third-order valence-corrected chi connectivity index (χ3v) is 2.75. The van der Waals surface area contributed by atoms with Crippen LogP contribution < -0.4 is 5.32 Å². The first-order valence-corrected chi connectivity index (χ1v) is 5.84. The van der Waals surface area contributed by atoms with Crippen molar-refractivity contribution < 1.29 is 13.6 Å². The second-order valence-electron chi connectivity index (χ2n) is 4.24. The summed E-state index contributed by atoms with van der Waals surface area (Å²) in [6.07, 6.45) is 0. The summed E-state index contributed by atoms with van der Waals surface area (Å²) in [5.74, 6) is -0.896. The van der Waals surface area contributed by atoms with Gasteiger partial charge in [-0.2, -0.15) is 0 Å². The molecule has 0 saturated carbocycles. The van der Waals surface area contributed by atoms with E-state index in [1.165, 1.54) is 31.2 Å². The van der Waals surface area contributed by atoms with Crippen LogP contribution in [-0.2, 0) is 4.79 Å². The molecule has 0 aliphatic carbocycles. The Morgan fingerprint density at radius 2 is 1.26 bits per heavy atom. The van der Waals surface area contributed by atoms with E-state index in [4.69, 9.17) is 0 Å². The Balaban J connectivity index is 2.37. The number of hydrogen-bond acceptors (Lipinski definition) is 1. The van der Waals surface area contributed by atoms with E-state index in [9.17, 15) is 13.6 Å². The first-order valence-electron chi connectivity index (χ1n) is 5.84. The van der Waals surface area contributed by atoms with Gasteiger partial charge < -0.3 is 5.32 Å². The average Bonchev–Trinajstić information content (AvgIpc) is 2.38. The fraction of sp³-hybridized carbons (Fsp3) is 0.133. The van der Waals surface area contributed by atoms with E-state index in [2.05, 4.69) is 5.32 Å². The van der Waals surface area contributed by atoms with Crippen LogP contribution >= 0.6 is 0 Å². The van der Waals surface area contributed by atoms with Crippen LogP contribution in [0.1, 0.15) is 24.1 Å². The number of hydrogen-bond donors (Lipinski definition) is 1. The van der Waals surface area contributed by atoms with Gasteiger partial charge in [0.05, 0.1) is 6.04 Å². The monoisotopic (exact) mass is 261 g/mol. The normalized spacial score (nSPS) is 10.5. The topological polar surface area (TPSA) is 29.1 Å². The Morgan fingerprint density at radius 3 is 1.58 bits per heavy atom. The number of carbonyl (C=O) groups excluding carboxylic acids is 1. The zero-order valence-corrected chi connectivity index (χ0v) is 10.4. The molecule has 2 aromatic carbocycles. The van der Waals surface area contributed by atoms with Crippen molar-refractivity contribution in [3.63, 3.8) is 0 Å². The molecule has 0 atom stereocenters. The first-order chi connectivity index (χ1) is 9.06. The minimum Gasteiger partial charge on any atom is -0.345 e.